The molecule has 9 heteroatoms. The van der Waals surface area contributed by atoms with Crippen LogP contribution in [0.25, 0.3) is 0 Å². The van der Waals surface area contributed by atoms with Crippen LogP contribution < -0.4 is 5.32 Å². The number of hydrogen-bond acceptors (Lipinski definition) is 8. The van der Waals surface area contributed by atoms with Gasteiger partial charge >= 0.3 is 0 Å². The minimum Gasteiger partial charge on any atom is -0.394 e. The first-order valence-electron chi connectivity index (χ1n) is 21.5. The summed E-state index contributed by atoms with van der Waals surface area (Å²) >= 11 is 0. The van der Waals surface area contributed by atoms with Gasteiger partial charge in [0.05, 0.1) is 25.4 Å². The Labute approximate surface area is 328 Å². The highest BCUT2D eigenvalue weighted by Crippen LogP contribution is 2.22. The van der Waals surface area contributed by atoms with E-state index >= 15 is 0 Å². The van der Waals surface area contributed by atoms with Gasteiger partial charge in [-0.15, -0.1) is 0 Å². The van der Waals surface area contributed by atoms with Gasteiger partial charge in [0.2, 0.25) is 5.91 Å². The second-order valence-corrected chi connectivity index (χ2v) is 14.8. The van der Waals surface area contributed by atoms with Crippen molar-refractivity contribution in [3.8, 4) is 0 Å². The summed E-state index contributed by atoms with van der Waals surface area (Å²) in [5.74, 6) is -0.236. The summed E-state index contributed by atoms with van der Waals surface area (Å²) in [6.07, 6.45) is 38.5. The molecule has 0 radical (unpaired) electrons. The molecule has 7 atom stereocenters. The van der Waals surface area contributed by atoms with Crippen LogP contribution in [-0.4, -0.2) is 87.5 Å². The van der Waals surface area contributed by atoms with Crippen molar-refractivity contribution >= 4 is 5.91 Å². The highest BCUT2D eigenvalue weighted by molar-refractivity contribution is 5.76. The Morgan fingerprint density at radius 1 is 0.630 bits per heavy atom. The highest BCUT2D eigenvalue weighted by atomic mass is 16.7. The lowest BCUT2D eigenvalue weighted by Crippen LogP contribution is -2.60. The number of nitrogens with one attached hydrogen (secondary N) is 1. The third kappa shape index (κ3) is 25.9. The van der Waals surface area contributed by atoms with Gasteiger partial charge in [0.15, 0.2) is 6.29 Å². The molecule has 54 heavy (non-hydrogen) atoms. The average molecular weight is 762 g/mol. The fourth-order valence-corrected chi connectivity index (χ4v) is 6.32. The molecule has 9 nitrogen and oxygen atoms in total. The molecule has 0 aromatic carbocycles. The predicted octanol–water partition coefficient (Wildman–Crippen LogP) is 8.44. The average Bonchev–Trinajstić information content (AvgIpc) is 3.17. The van der Waals surface area contributed by atoms with Crippen molar-refractivity contribution in [1.82, 2.24) is 5.32 Å². The molecule has 0 saturated carbocycles. The SMILES string of the molecule is CCCCCCCCC/C=C/C/C=C/C/C=C/C/C=C/CCCC(=O)N[C@@H](CO[C@H]1O[C@@H](CO)[C@H](O)C(O)C1O)[C@H](O)/C=C/CCCCCCCCCC. The first kappa shape index (κ1) is 49.9. The van der Waals surface area contributed by atoms with Crippen LogP contribution in [0.2, 0.25) is 0 Å². The summed E-state index contributed by atoms with van der Waals surface area (Å²) in [5, 5.41) is 53.9. The second kappa shape index (κ2) is 35.3. The van der Waals surface area contributed by atoms with E-state index < -0.39 is 49.5 Å². The van der Waals surface area contributed by atoms with Crippen LogP contribution in [0.15, 0.2) is 60.8 Å². The Morgan fingerprint density at radius 2 is 1.09 bits per heavy atom. The van der Waals surface area contributed by atoms with Crippen LogP contribution in [0.4, 0.5) is 0 Å². The predicted molar refractivity (Wildman–Crippen MR) is 221 cm³/mol. The normalized spacial score (nSPS) is 22.1. The Bertz CT molecular complexity index is 1030. The van der Waals surface area contributed by atoms with Gasteiger partial charge in [-0.1, -0.05) is 158 Å². The minimum absolute atomic E-state index is 0.213. The molecule has 0 aliphatic carbocycles. The lowest BCUT2D eigenvalue weighted by atomic mass is 9.99. The van der Waals surface area contributed by atoms with E-state index in [9.17, 15) is 30.3 Å². The van der Waals surface area contributed by atoms with Gasteiger partial charge in [0, 0.05) is 6.42 Å². The summed E-state index contributed by atoms with van der Waals surface area (Å²) in [5.41, 5.74) is 0. The number of hydrogen-bond donors (Lipinski definition) is 6. The number of rotatable bonds is 34. The number of ether oxygens (including phenoxy) is 2. The van der Waals surface area contributed by atoms with E-state index in [0.29, 0.717) is 6.42 Å². The smallest absolute Gasteiger partial charge is 0.220 e. The van der Waals surface area contributed by atoms with E-state index in [2.05, 4.69) is 67.8 Å². The Kier molecular flexibility index (Phi) is 32.6. The third-order valence-corrected chi connectivity index (χ3v) is 9.84. The van der Waals surface area contributed by atoms with E-state index in [-0.39, 0.29) is 18.9 Å². The fraction of sp³-hybridized carbons (Fsp3) is 0.756. The van der Waals surface area contributed by atoms with E-state index in [4.69, 9.17) is 9.47 Å². The third-order valence-electron chi connectivity index (χ3n) is 9.84. The number of unbranched alkanes of at least 4 members (excludes halogenated alkanes) is 16. The van der Waals surface area contributed by atoms with E-state index in [0.717, 1.165) is 44.9 Å². The van der Waals surface area contributed by atoms with Gasteiger partial charge in [-0.3, -0.25) is 4.79 Å². The molecule has 1 rings (SSSR count). The van der Waals surface area contributed by atoms with Gasteiger partial charge in [0.1, 0.15) is 24.4 Å². The zero-order chi connectivity index (χ0) is 39.5. The molecule has 0 spiro atoms. The van der Waals surface area contributed by atoms with Crippen molar-refractivity contribution < 1.29 is 39.8 Å². The van der Waals surface area contributed by atoms with Crippen LogP contribution in [-0.2, 0) is 14.3 Å². The molecule has 6 N–H and O–H groups in total. The molecule has 1 amide bonds. The number of carbonyl (C=O) groups excluding carboxylic acids is 1. The van der Waals surface area contributed by atoms with E-state index in [1.165, 1.54) is 89.9 Å². The molecular weight excluding hydrogens is 682 g/mol. The Morgan fingerprint density at radius 3 is 1.61 bits per heavy atom. The van der Waals surface area contributed by atoms with Gasteiger partial charge < -0.3 is 40.3 Å². The standard InChI is InChI=1S/C45H79NO8/c1-3-5-7-9-11-13-15-16-17-18-19-20-21-22-23-24-25-27-29-31-33-35-41(49)46-38(37-53-45-44(52)43(51)42(50)40(36-47)54-45)39(48)34-32-30-28-26-14-12-10-8-6-4-2/h17-18,20-21,23-24,27,29,32,34,38-40,42-45,47-48,50-52H,3-16,19,22,25-26,28,30-31,33,35-37H2,1-2H3,(H,46,49)/b18-17+,21-20+,24-23+,29-27+,34-32+/t38-,39+,40-,42-,43?,44?,45-/m0/s1. The van der Waals surface area contributed by atoms with Crippen molar-refractivity contribution in [2.24, 2.45) is 0 Å². The number of aliphatic hydroxyl groups is 5. The summed E-state index contributed by atoms with van der Waals surface area (Å²) < 4.78 is 11.1. The molecule has 2 unspecified atom stereocenters. The van der Waals surface area contributed by atoms with Crippen LogP contribution in [0.5, 0.6) is 0 Å². The minimum atomic E-state index is -1.58. The maximum absolute atomic E-state index is 12.9. The van der Waals surface area contributed by atoms with Crippen molar-refractivity contribution in [2.45, 2.75) is 204 Å². The summed E-state index contributed by atoms with van der Waals surface area (Å²) in [6.45, 7) is 3.69. The lowest BCUT2D eigenvalue weighted by Gasteiger charge is -2.40. The Balaban J connectivity index is 2.41. The highest BCUT2D eigenvalue weighted by Gasteiger charge is 2.44. The number of amides is 1. The van der Waals surface area contributed by atoms with Gasteiger partial charge in [-0.2, -0.15) is 0 Å². The first-order chi connectivity index (χ1) is 26.3. The first-order valence-corrected chi connectivity index (χ1v) is 21.5. The monoisotopic (exact) mass is 762 g/mol. The summed E-state index contributed by atoms with van der Waals surface area (Å²) in [6, 6.07) is -0.833. The maximum atomic E-state index is 12.9. The van der Waals surface area contributed by atoms with E-state index in [1.54, 1.807) is 6.08 Å². The van der Waals surface area contributed by atoms with Crippen molar-refractivity contribution in [2.75, 3.05) is 13.2 Å². The Hall–Kier alpha value is -2.11. The zero-order valence-corrected chi connectivity index (χ0v) is 34.0. The molecule has 1 aliphatic heterocycles. The zero-order valence-electron chi connectivity index (χ0n) is 34.0. The van der Waals surface area contributed by atoms with Crippen LogP contribution in [0, 0.1) is 0 Å². The quantitative estimate of drug-likeness (QED) is 0.0283. The maximum Gasteiger partial charge on any atom is 0.220 e. The molecule has 1 fully saturated rings. The second-order valence-electron chi connectivity index (χ2n) is 14.8. The van der Waals surface area contributed by atoms with Gasteiger partial charge in [-0.05, 0) is 57.8 Å². The molecular formula is C45H79NO8. The molecule has 1 saturated heterocycles. The molecule has 0 aromatic rings. The van der Waals surface area contributed by atoms with Gasteiger partial charge in [0.25, 0.3) is 0 Å². The van der Waals surface area contributed by atoms with Crippen molar-refractivity contribution in [3.63, 3.8) is 0 Å². The van der Waals surface area contributed by atoms with Crippen molar-refractivity contribution in [1.29, 1.82) is 0 Å². The van der Waals surface area contributed by atoms with Gasteiger partial charge in [-0.25, -0.2) is 0 Å². The van der Waals surface area contributed by atoms with Crippen LogP contribution in [0.1, 0.15) is 162 Å². The summed E-state index contributed by atoms with van der Waals surface area (Å²) in [4.78, 5) is 12.9. The fourth-order valence-electron chi connectivity index (χ4n) is 6.32. The number of allylic oxidation sites excluding steroid dienone is 9. The molecule has 1 heterocycles. The molecule has 312 valence electrons. The van der Waals surface area contributed by atoms with Crippen LogP contribution >= 0.6 is 0 Å². The van der Waals surface area contributed by atoms with E-state index in [1.807, 2.05) is 6.08 Å². The molecule has 0 aromatic heterocycles. The number of carbonyl (C=O) groups is 1. The van der Waals surface area contributed by atoms with Crippen LogP contribution in [0.3, 0.4) is 0 Å². The molecule has 0 bridgehead atoms. The molecule has 1 aliphatic rings. The largest absolute Gasteiger partial charge is 0.394 e. The topological polar surface area (TPSA) is 149 Å². The van der Waals surface area contributed by atoms with Crippen molar-refractivity contribution in [3.05, 3.63) is 60.8 Å². The summed E-state index contributed by atoms with van der Waals surface area (Å²) in [7, 11) is 0. The lowest BCUT2D eigenvalue weighted by molar-refractivity contribution is -0.302. The number of aliphatic hydroxyl groups excluding tert-OH is 5.